The summed E-state index contributed by atoms with van der Waals surface area (Å²) in [7, 11) is 0. The van der Waals surface area contributed by atoms with Crippen molar-refractivity contribution in [3.05, 3.63) is 29.8 Å². The highest BCUT2D eigenvalue weighted by molar-refractivity contribution is 5.94. The van der Waals surface area contributed by atoms with Crippen LogP contribution in [-0.4, -0.2) is 30.1 Å². The van der Waals surface area contributed by atoms with Gasteiger partial charge in [0.2, 0.25) is 0 Å². The minimum Gasteiger partial charge on any atom is -0.481 e. The van der Waals surface area contributed by atoms with Gasteiger partial charge in [-0.15, -0.1) is 5.92 Å². The van der Waals surface area contributed by atoms with Crippen molar-refractivity contribution in [1.82, 2.24) is 5.32 Å². The van der Waals surface area contributed by atoms with Gasteiger partial charge in [0, 0.05) is 12.1 Å². The molecule has 0 aliphatic heterocycles. The fourth-order valence-electron chi connectivity index (χ4n) is 3.39. The monoisotopic (exact) mass is 357 g/mol. The van der Waals surface area contributed by atoms with Crippen molar-refractivity contribution < 1.29 is 19.4 Å². The third-order valence-corrected chi connectivity index (χ3v) is 5.22. The molecule has 0 aromatic heterocycles. The Labute approximate surface area is 155 Å². The standard InChI is InChI=1S/C21H27NO4/c1-3-4-14-26-18-12-10-16(11-13-18)19(23)22-15-21(2,20(24)25)17-8-6-5-7-9-17/h10-13,17H,5-9,14-15H2,1-2H3,(H,22,23)(H,24,25)/t21-/m1/s1. The smallest absolute Gasteiger partial charge is 0.311 e. The van der Waals surface area contributed by atoms with Gasteiger partial charge >= 0.3 is 5.97 Å². The van der Waals surface area contributed by atoms with Crippen LogP contribution < -0.4 is 10.1 Å². The Morgan fingerprint density at radius 1 is 1.23 bits per heavy atom. The van der Waals surface area contributed by atoms with E-state index in [4.69, 9.17) is 4.74 Å². The van der Waals surface area contributed by atoms with Gasteiger partial charge in [-0.2, -0.15) is 0 Å². The van der Waals surface area contributed by atoms with Crippen LogP contribution >= 0.6 is 0 Å². The van der Waals surface area contributed by atoms with Gasteiger partial charge in [0.1, 0.15) is 12.4 Å². The van der Waals surface area contributed by atoms with Crippen LogP contribution in [0.15, 0.2) is 24.3 Å². The number of amides is 1. The summed E-state index contributed by atoms with van der Waals surface area (Å²) in [4.78, 5) is 24.3. The van der Waals surface area contributed by atoms with Gasteiger partial charge in [-0.3, -0.25) is 9.59 Å². The molecule has 1 fully saturated rings. The van der Waals surface area contributed by atoms with Gasteiger partial charge in [-0.25, -0.2) is 0 Å². The van der Waals surface area contributed by atoms with Gasteiger partial charge in [-0.05, 0) is 56.9 Å². The van der Waals surface area contributed by atoms with E-state index >= 15 is 0 Å². The highest BCUT2D eigenvalue weighted by Gasteiger charge is 2.41. The predicted octanol–water partition coefficient (Wildman–Crippen LogP) is 3.49. The first-order chi connectivity index (χ1) is 12.5. The predicted molar refractivity (Wildman–Crippen MR) is 100 cm³/mol. The Hall–Kier alpha value is -2.48. The van der Waals surface area contributed by atoms with E-state index in [0.29, 0.717) is 17.9 Å². The van der Waals surface area contributed by atoms with Crippen LogP contribution in [0.2, 0.25) is 0 Å². The number of carbonyl (C=O) groups excluding carboxylic acids is 1. The summed E-state index contributed by atoms with van der Waals surface area (Å²) < 4.78 is 5.42. The lowest BCUT2D eigenvalue weighted by Gasteiger charge is -2.36. The molecule has 1 atom stereocenters. The summed E-state index contributed by atoms with van der Waals surface area (Å²) in [5.74, 6) is 5.18. The highest BCUT2D eigenvalue weighted by atomic mass is 16.5. The van der Waals surface area contributed by atoms with Crippen LogP contribution in [0.4, 0.5) is 0 Å². The normalized spacial score (nSPS) is 16.7. The summed E-state index contributed by atoms with van der Waals surface area (Å²) in [6.45, 7) is 3.93. The number of carbonyl (C=O) groups is 2. The molecule has 0 radical (unpaired) electrons. The average Bonchev–Trinajstić information content (AvgIpc) is 2.67. The second kappa shape index (κ2) is 9.28. The van der Waals surface area contributed by atoms with Crippen molar-refractivity contribution >= 4 is 11.9 Å². The number of carboxylic acids is 1. The molecule has 1 amide bonds. The van der Waals surface area contributed by atoms with Crippen molar-refractivity contribution in [3.63, 3.8) is 0 Å². The number of hydrogen-bond acceptors (Lipinski definition) is 3. The molecular formula is C21H27NO4. The zero-order chi connectivity index (χ0) is 19.0. The molecule has 0 bridgehead atoms. The van der Waals surface area contributed by atoms with Gasteiger partial charge in [0.05, 0.1) is 5.41 Å². The first kappa shape index (κ1) is 19.8. The first-order valence-corrected chi connectivity index (χ1v) is 9.11. The number of hydrogen-bond donors (Lipinski definition) is 2. The Balaban J connectivity index is 1.96. The van der Waals surface area contributed by atoms with Crippen LogP contribution in [0.1, 0.15) is 56.3 Å². The van der Waals surface area contributed by atoms with Crippen LogP contribution in [-0.2, 0) is 4.79 Å². The van der Waals surface area contributed by atoms with E-state index in [-0.39, 0.29) is 18.4 Å². The molecule has 0 spiro atoms. The maximum Gasteiger partial charge on any atom is 0.311 e. The van der Waals surface area contributed by atoms with Gasteiger partial charge < -0.3 is 15.2 Å². The Bertz CT molecular complexity index is 680. The lowest BCUT2D eigenvalue weighted by Crippen LogP contribution is -2.46. The number of carboxylic acid groups (broad SMARTS) is 1. The van der Waals surface area contributed by atoms with E-state index in [2.05, 4.69) is 17.2 Å². The molecule has 1 aliphatic rings. The molecule has 1 saturated carbocycles. The van der Waals surface area contributed by atoms with Crippen LogP contribution in [0.5, 0.6) is 5.75 Å². The molecule has 1 aromatic rings. The molecule has 5 heteroatoms. The minimum absolute atomic E-state index is 0.101. The van der Waals surface area contributed by atoms with Crippen LogP contribution in [0.3, 0.4) is 0 Å². The third-order valence-electron chi connectivity index (χ3n) is 5.22. The molecule has 5 nitrogen and oxygen atoms in total. The maximum absolute atomic E-state index is 12.4. The molecule has 2 N–H and O–H groups in total. The topological polar surface area (TPSA) is 75.6 Å². The quantitative estimate of drug-likeness (QED) is 0.733. The van der Waals surface area contributed by atoms with Crippen molar-refractivity contribution in [3.8, 4) is 17.6 Å². The number of rotatable bonds is 7. The second-order valence-electron chi connectivity index (χ2n) is 6.98. The van der Waals surface area contributed by atoms with Gasteiger partial charge in [0.15, 0.2) is 0 Å². The molecule has 0 saturated heterocycles. The zero-order valence-corrected chi connectivity index (χ0v) is 15.5. The summed E-state index contributed by atoms with van der Waals surface area (Å²) in [6, 6.07) is 6.76. The molecule has 0 heterocycles. The van der Waals surface area contributed by atoms with Gasteiger partial charge in [-0.1, -0.05) is 25.2 Å². The number of nitrogens with one attached hydrogen (secondary N) is 1. The molecule has 1 aromatic carbocycles. The van der Waals surface area contributed by atoms with Crippen molar-refractivity contribution in [2.24, 2.45) is 11.3 Å². The first-order valence-electron chi connectivity index (χ1n) is 9.11. The molecule has 140 valence electrons. The number of ether oxygens (including phenoxy) is 1. The summed E-state index contributed by atoms with van der Waals surface area (Å²) in [5.41, 5.74) is -0.451. The summed E-state index contributed by atoms with van der Waals surface area (Å²) in [6.07, 6.45) is 5.10. The van der Waals surface area contributed by atoms with Crippen LogP contribution in [0, 0.1) is 23.2 Å². The second-order valence-corrected chi connectivity index (χ2v) is 6.98. The van der Waals surface area contributed by atoms with Crippen LogP contribution in [0.25, 0.3) is 0 Å². The van der Waals surface area contributed by atoms with Crippen molar-refractivity contribution in [2.45, 2.75) is 46.0 Å². The zero-order valence-electron chi connectivity index (χ0n) is 15.5. The lowest BCUT2D eigenvalue weighted by molar-refractivity contribution is -0.151. The SMILES string of the molecule is CC#CCOc1ccc(C(=O)NC[C@@](C)(C(=O)O)C2CCCCC2)cc1. The van der Waals surface area contributed by atoms with Crippen molar-refractivity contribution in [2.75, 3.05) is 13.2 Å². The molecule has 26 heavy (non-hydrogen) atoms. The highest BCUT2D eigenvalue weighted by Crippen LogP contribution is 2.38. The summed E-state index contributed by atoms with van der Waals surface area (Å²) >= 11 is 0. The Morgan fingerprint density at radius 3 is 2.46 bits per heavy atom. The van der Waals surface area contributed by atoms with E-state index in [1.54, 1.807) is 38.1 Å². The van der Waals surface area contributed by atoms with Gasteiger partial charge in [0.25, 0.3) is 5.91 Å². The fraction of sp³-hybridized carbons (Fsp3) is 0.524. The maximum atomic E-state index is 12.4. The average molecular weight is 357 g/mol. The largest absolute Gasteiger partial charge is 0.481 e. The number of benzene rings is 1. The van der Waals surface area contributed by atoms with Crippen molar-refractivity contribution in [1.29, 1.82) is 0 Å². The third kappa shape index (κ3) is 5.01. The van der Waals surface area contributed by atoms with E-state index in [0.717, 1.165) is 32.1 Å². The lowest BCUT2D eigenvalue weighted by atomic mass is 9.69. The summed E-state index contributed by atoms with van der Waals surface area (Å²) in [5, 5.41) is 12.5. The Morgan fingerprint density at radius 2 is 1.88 bits per heavy atom. The molecule has 0 unspecified atom stereocenters. The van der Waals surface area contributed by atoms with E-state index in [1.165, 1.54) is 0 Å². The molecular weight excluding hydrogens is 330 g/mol. The van der Waals surface area contributed by atoms with E-state index < -0.39 is 11.4 Å². The Kier molecular flexibility index (Phi) is 7.08. The van der Waals surface area contributed by atoms with E-state index in [1.807, 2.05) is 0 Å². The molecule has 1 aliphatic carbocycles. The fourth-order valence-corrected chi connectivity index (χ4v) is 3.39. The van der Waals surface area contributed by atoms with E-state index in [9.17, 15) is 14.7 Å². The number of aliphatic carboxylic acids is 1. The minimum atomic E-state index is -0.933. The molecule has 2 rings (SSSR count).